The van der Waals surface area contributed by atoms with E-state index in [9.17, 15) is 22.4 Å². The van der Waals surface area contributed by atoms with Crippen LogP contribution in [0.2, 0.25) is 0 Å². The lowest BCUT2D eigenvalue weighted by Gasteiger charge is -2.28. The van der Waals surface area contributed by atoms with E-state index < -0.39 is 42.9 Å². The van der Waals surface area contributed by atoms with Gasteiger partial charge < -0.3 is 15.1 Å². The van der Waals surface area contributed by atoms with E-state index in [1.807, 2.05) is 0 Å². The standard InChI is InChI=1S/C7H8BF4NO3/c8-5-4(15)3(9)2(1-14)13(5)6(16)7(10,11)12/h2-5,14-15H,1H2/t2-,3-,4-,5-/m1/s1. The van der Waals surface area contributed by atoms with Crippen LogP contribution in [0.15, 0.2) is 0 Å². The Balaban J connectivity index is 2.98. The lowest BCUT2D eigenvalue weighted by atomic mass is 9.91. The molecule has 90 valence electrons. The van der Waals surface area contributed by atoms with Gasteiger partial charge in [0.25, 0.3) is 0 Å². The maximum atomic E-state index is 13.2. The van der Waals surface area contributed by atoms with Gasteiger partial charge in [0, 0.05) is 5.94 Å². The molecule has 0 aromatic carbocycles. The molecule has 4 nitrogen and oxygen atoms in total. The minimum Gasteiger partial charge on any atom is -0.394 e. The summed E-state index contributed by atoms with van der Waals surface area (Å²) in [4.78, 5) is 10.8. The molecule has 2 radical (unpaired) electrons. The van der Waals surface area contributed by atoms with Crippen molar-refractivity contribution in [2.45, 2.75) is 30.4 Å². The minimum absolute atomic E-state index is 0.0741. The Hall–Kier alpha value is -0.825. The molecule has 0 aliphatic carbocycles. The first-order chi connectivity index (χ1) is 7.21. The summed E-state index contributed by atoms with van der Waals surface area (Å²) in [5.74, 6) is -4.19. The molecule has 9 heteroatoms. The molecule has 1 amide bonds. The fourth-order valence-electron chi connectivity index (χ4n) is 1.58. The van der Waals surface area contributed by atoms with E-state index in [2.05, 4.69) is 0 Å². The lowest BCUT2D eigenvalue weighted by molar-refractivity contribution is -0.188. The zero-order chi connectivity index (χ0) is 12.7. The van der Waals surface area contributed by atoms with E-state index in [0.717, 1.165) is 0 Å². The van der Waals surface area contributed by atoms with E-state index >= 15 is 0 Å². The van der Waals surface area contributed by atoms with Crippen LogP contribution >= 0.6 is 0 Å². The summed E-state index contributed by atoms with van der Waals surface area (Å²) in [5, 5.41) is 17.8. The third-order valence-electron chi connectivity index (χ3n) is 2.39. The quantitative estimate of drug-likeness (QED) is 0.454. The first-order valence-electron chi connectivity index (χ1n) is 4.30. The summed E-state index contributed by atoms with van der Waals surface area (Å²) in [6.45, 7) is -1.05. The van der Waals surface area contributed by atoms with Crippen LogP contribution in [0.3, 0.4) is 0 Å². The van der Waals surface area contributed by atoms with Crippen molar-refractivity contribution >= 4 is 13.8 Å². The number of carbonyl (C=O) groups excluding carboxylic acids is 1. The van der Waals surface area contributed by atoms with Crippen LogP contribution in [0.1, 0.15) is 0 Å². The summed E-state index contributed by atoms with van der Waals surface area (Å²) in [6.07, 6.45) is -9.37. The van der Waals surface area contributed by atoms with Gasteiger partial charge >= 0.3 is 12.1 Å². The minimum atomic E-state index is -5.23. The Morgan fingerprint density at radius 3 is 2.31 bits per heavy atom. The Kier molecular flexibility index (Phi) is 3.48. The lowest BCUT2D eigenvalue weighted by Crippen LogP contribution is -2.51. The number of rotatable bonds is 1. The normalized spacial score (nSPS) is 35.5. The maximum absolute atomic E-state index is 13.2. The molecule has 0 bridgehead atoms. The van der Waals surface area contributed by atoms with Gasteiger partial charge in [-0.2, -0.15) is 13.2 Å². The number of carbonyl (C=O) groups is 1. The predicted molar refractivity (Wildman–Crippen MR) is 44.2 cm³/mol. The second-order valence-electron chi connectivity index (χ2n) is 3.39. The van der Waals surface area contributed by atoms with E-state index in [1.54, 1.807) is 0 Å². The van der Waals surface area contributed by atoms with Crippen molar-refractivity contribution in [3.8, 4) is 0 Å². The topological polar surface area (TPSA) is 60.8 Å². The zero-order valence-corrected chi connectivity index (χ0v) is 7.86. The molecule has 1 aliphatic heterocycles. The van der Waals surface area contributed by atoms with Crippen molar-refractivity contribution in [1.82, 2.24) is 4.90 Å². The Labute approximate surface area is 89.2 Å². The van der Waals surface area contributed by atoms with Crippen molar-refractivity contribution in [2.24, 2.45) is 0 Å². The average Bonchev–Trinajstić information content (AvgIpc) is 2.39. The van der Waals surface area contributed by atoms with Crippen molar-refractivity contribution in [1.29, 1.82) is 0 Å². The number of likely N-dealkylation sites (tertiary alicyclic amines) is 1. The third-order valence-corrected chi connectivity index (χ3v) is 2.39. The average molecular weight is 241 g/mol. The summed E-state index contributed by atoms with van der Waals surface area (Å²) in [6, 6.07) is -1.78. The number of alkyl halides is 4. The van der Waals surface area contributed by atoms with Gasteiger partial charge in [0.2, 0.25) is 0 Å². The summed E-state index contributed by atoms with van der Waals surface area (Å²) < 4.78 is 49.5. The van der Waals surface area contributed by atoms with Crippen LogP contribution in [0.25, 0.3) is 0 Å². The smallest absolute Gasteiger partial charge is 0.394 e. The molecule has 0 aromatic rings. The molecule has 0 unspecified atom stereocenters. The highest BCUT2D eigenvalue weighted by molar-refractivity contribution is 6.14. The molecule has 16 heavy (non-hydrogen) atoms. The number of aliphatic hydroxyl groups is 2. The number of hydrogen-bond donors (Lipinski definition) is 2. The van der Waals surface area contributed by atoms with Crippen LogP contribution in [-0.2, 0) is 4.79 Å². The monoisotopic (exact) mass is 241 g/mol. The van der Waals surface area contributed by atoms with Crippen LogP contribution in [0.4, 0.5) is 17.6 Å². The van der Waals surface area contributed by atoms with Gasteiger partial charge in [-0.25, -0.2) is 4.39 Å². The summed E-state index contributed by atoms with van der Waals surface area (Å²) >= 11 is 0. The second-order valence-corrected chi connectivity index (χ2v) is 3.39. The van der Waals surface area contributed by atoms with E-state index in [1.165, 1.54) is 0 Å². The van der Waals surface area contributed by atoms with E-state index in [4.69, 9.17) is 18.1 Å². The van der Waals surface area contributed by atoms with Gasteiger partial charge in [0.15, 0.2) is 0 Å². The van der Waals surface area contributed by atoms with Crippen LogP contribution in [0.5, 0.6) is 0 Å². The molecule has 0 spiro atoms. The highest BCUT2D eigenvalue weighted by Crippen LogP contribution is 2.30. The van der Waals surface area contributed by atoms with Crippen molar-refractivity contribution in [3.05, 3.63) is 0 Å². The molecule has 0 saturated carbocycles. The molecule has 2 N–H and O–H groups in total. The first kappa shape index (κ1) is 13.2. The van der Waals surface area contributed by atoms with Crippen molar-refractivity contribution in [3.63, 3.8) is 0 Å². The van der Waals surface area contributed by atoms with Crippen LogP contribution in [0, 0.1) is 0 Å². The van der Waals surface area contributed by atoms with Crippen LogP contribution in [-0.4, -0.2) is 65.9 Å². The second kappa shape index (κ2) is 4.21. The molecule has 0 aromatic heterocycles. The molecule has 1 saturated heterocycles. The molecule has 1 fully saturated rings. The van der Waals surface area contributed by atoms with Gasteiger partial charge in [0.05, 0.1) is 18.8 Å². The van der Waals surface area contributed by atoms with Gasteiger partial charge in [-0.15, -0.1) is 0 Å². The first-order valence-corrected chi connectivity index (χ1v) is 4.30. The molecule has 1 rings (SSSR count). The summed E-state index contributed by atoms with van der Waals surface area (Å²) in [5.41, 5.74) is 0. The van der Waals surface area contributed by atoms with Gasteiger partial charge in [-0.3, -0.25) is 4.79 Å². The summed E-state index contributed by atoms with van der Waals surface area (Å²) in [7, 11) is 5.08. The molecule has 1 heterocycles. The highest BCUT2D eigenvalue weighted by atomic mass is 19.4. The predicted octanol–water partition coefficient (Wildman–Crippen LogP) is -1.05. The molecule has 1 aliphatic rings. The molecule has 4 atom stereocenters. The number of nitrogens with zero attached hydrogens (tertiary/aromatic N) is 1. The fourth-order valence-corrected chi connectivity index (χ4v) is 1.58. The SMILES string of the molecule is [B][C@H]1[C@H](O)[C@H](F)[C@@H](CO)N1C(=O)C(F)(F)F. The number of halogens is 4. The van der Waals surface area contributed by atoms with Crippen molar-refractivity contribution < 1.29 is 32.6 Å². The maximum Gasteiger partial charge on any atom is 0.471 e. The van der Waals surface area contributed by atoms with Crippen molar-refractivity contribution in [2.75, 3.05) is 6.61 Å². The third kappa shape index (κ3) is 2.01. The highest BCUT2D eigenvalue weighted by Gasteiger charge is 2.54. The van der Waals surface area contributed by atoms with Gasteiger partial charge in [-0.1, -0.05) is 0 Å². The van der Waals surface area contributed by atoms with Gasteiger partial charge in [-0.05, 0) is 0 Å². The Morgan fingerprint density at radius 2 is 1.94 bits per heavy atom. The largest absolute Gasteiger partial charge is 0.471 e. The zero-order valence-electron chi connectivity index (χ0n) is 7.86. The number of hydrogen-bond acceptors (Lipinski definition) is 3. The van der Waals surface area contributed by atoms with Gasteiger partial charge in [0.1, 0.15) is 14.0 Å². The number of amides is 1. The van der Waals surface area contributed by atoms with E-state index in [-0.39, 0.29) is 4.90 Å². The molecular weight excluding hydrogens is 233 g/mol. The van der Waals surface area contributed by atoms with Crippen LogP contribution < -0.4 is 0 Å². The molecular formula is C7H8BF4NO3. The number of aliphatic hydroxyl groups excluding tert-OH is 2. The fraction of sp³-hybridized carbons (Fsp3) is 0.857. The Morgan fingerprint density at radius 1 is 1.44 bits per heavy atom. The Bertz CT molecular complexity index is 287. The van der Waals surface area contributed by atoms with E-state index in [0.29, 0.717) is 0 Å².